The van der Waals surface area contributed by atoms with Crippen LogP contribution in [0, 0.1) is 0 Å². The molecule has 21 heavy (non-hydrogen) atoms. The van der Waals surface area contributed by atoms with Gasteiger partial charge in [0.2, 0.25) is 0 Å². The van der Waals surface area contributed by atoms with E-state index in [1.165, 1.54) is 24.3 Å². The summed E-state index contributed by atoms with van der Waals surface area (Å²) in [6.45, 7) is -2.90. The van der Waals surface area contributed by atoms with Crippen LogP contribution in [0.25, 0.3) is 0 Å². The van der Waals surface area contributed by atoms with Crippen LogP contribution >= 0.6 is 27.5 Å². The van der Waals surface area contributed by atoms with Crippen molar-refractivity contribution in [1.82, 2.24) is 0 Å². The van der Waals surface area contributed by atoms with Gasteiger partial charge in [0.15, 0.2) is 0 Å². The van der Waals surface area contributed by atoms with E-state index in [1.54, 1.807) is 18.2 Å². The maximum Gasteiger partial charge on any atom is 0.387 e. The number of hydrogen-bond donors (Lipinski definition) is 1. The third-order valence-electron chi connectivity index (χ3n) is 2.52. The van der Waals surface area contributed by atoms with E-state index in [4.69, 9.17) is 11.6 Å². The molecule has 7 heteroatoms. The summed E-state index contributed by atoms with van der Waals surface area (Å²) in [6.07, 6.45) is 0. The number of alkyl halides is 2. The van der Waals surface area contributed by atoms with Crippen molar-refractivity contribution >= 4 is 39.1 Å². The van der Waals surface area contributed by atoms with E-state index in [0.717, 1.165) is 0 Å². The predicted molar refractivity (Wildman–Crippen MR) is 80.2 cm³/mol. The lowest BCUT2D eigenvalue weighted by Crippen LogP contribution is -2.12. The van der Waals surface area contributed by atoms with Crippen LogP contribution in [0.1, 0.15) is 10.4 Å². The van der Waals surface area contributed by atoms with Gasteiger partial charge in [0, 0.05) is 15.1 Å². The van der Waals surface area contributed by atoms with Crippen LogP contribution in [0.4, 0.5) is 14.5 Å². The molecule has 3 nitrogen and oxygen atoms in total. The summed E-state index contributed by atoms with van der Waals surface area (Å²) < 4.78 is 29.0. The average Bonchev–Trinajstić information content (AvgIpc) is 2.43. The first-order chi connectivity index (χ1) is 9.95. The summed E-state index contributed by atoms with van der Waals surface area (Å²) in [5.41, 5.74) is 0.823. The Labute approximate surface area is 133 Å². The minimum atomic E-state index is -2.90. The zero-order valence-corrected chi connectivity index (χ0v) is 12.8. The van der Waals surface area contributed by atoms with Gasteiger partial charge in [0.1, 0.15) is 5.75 Å². The monoisotopic (exact) mass is 375 g/mol. The van der Waals surface area contributed by atoms with Gasteiger partial charge in [-0.25, -0.2) is 0 Å². The van der Waals surface area contributed by atoms with Crippen LogP contribution in [0.3, 0.4) is 0 Å². The smallest absolute Gasteiger partial charge is 0.387 e. The normalized spacial score (nSPS) is 10.5. The van der Waals surface area contributed by atoms with Crippen molar-refractivity contribution in [2.24, 2.45) is 0 Å². The van der Waals surface area contributed by atoms with E-state index < -0.39 is 6.61 Å². The van der Waals surface area contributed by atoms with Crippen molar-refractivity contribution in [1.29, 1.82) is 0 Å². The van der Waals surface area contributed by atoms with Gasteiger partial charge in [-0.2, -0.15) is 8.78 Å². The molecule has 0 aromatic heterocycles. The summed E-state index contributed by atoms with van der Waals surface area (Å²) in [6, 6.07) is 10.4. The first-order valence-electron chi connectivity index (χ1n) is 5.77. The molecule has 0 atom stereocenters. The Bertz CT molecular complexity index is 650. The molecule has 0 radical (unpaired) electrons. The Morgan fingerprint density at radius 2 is 1.86 bits per heavy atom. The molecule has 0 aliphatic carbocycles. The van der Waals surface area contributed by atoms with Crippen molar-refractivity contribution in [3.63, 3.8) is 0 Å². The molecule has 0 fully saturated rings. The van der Waals surface area contributed by atoms with Gasteiger partial charge in [-0.3, -0.25) is 4.79 Å². The second-order valence-electron chi connectivity index (χ2n) is 3.98. The average molecular weight is 377 g/mol. The van der Waals surface area contributed by atoms with Crippen molar-refractivity contribution in [3.05, 3.63) is 57.5 Å². The molecule has 0 aliphatic rings. The number of hydrogen-bond acceptors (Lipinski definition) is 2. The first-order valence-corrected chi connectivity index (χ1v) is 6.94. The molecule has 0 bridgehead atoms. The van der Waals surface area contributed by atoms with Gasteiger partial charge in [0.25, 0.3) is 5.91 Å². The van der Waals surface area contributed by atoms with Gasteiger partial charge < -0.3 is 10.1 Å². The van der Waals surface area contributed by atoms with Crippen LogP contribution in [-0.2, 0) is 0 Å². The molecule has 2 aromatic rings. The molecule has 1 amide bonds. The molecule has 110 valence electrons. The van der Waals surface area contributed by atoms with Crippen LogP contribution in [0.15, 0.2) is 46.9 Å². The number of carbonyl (C=O) groups is 1. The highest BCUT2D eigenvalue weighted by atomic mass is 79.9. The molecule has 0 unspecified atom stereocenters. The zero-order chi connectivity index (χ0) is 15.4. The Morgan fingerprint density at radius 3 is 2.48 bits per heavy atom. The molecular weight excluding hydrogens is 368 g/mol. The number of amides is 1. The lowest BCUT2D eigenvalue weighted by molar-refractivity contribution is -0.0498. The highest BCUT2D eigenvalue weighted by molar-refractivity contribution is 9.10. The Kier molecular flexibility index (Phi) is 5.14. The summed E-state index contributed by atoms with van der Waals surface area (Å²) in [7, 11) is 0. The maximum atomic E-state index is 12.0. The highest BCUT2D eigenvalue weighted by Gasteiger charge is 2.10. The molecule has 0 saturated heterocycles. The van der Waals surface area contributed by atoms with E-state index >= 15 is 0 Å². The largest absolute Gasteiger partial charge is 0.435 e. The number of rotatable bonds is 4. The standard InChI is InChI=1S/C14H9BrClF2NO2/c15-11-6-3-9(16)7-12(11)19-13(20)8-1-4-10(5-2-8)21-14(17)18/h1-7,14H,(H,19,20). The molecule has 0 saturated carbocycles. The minimum Gasteiger partial charge on any atom is -0.435 e. The fourth-order valence-electron chi connectivity index (χ4n) is 1.58. The lowest BCUT2D eigenvalue weighted by atomic mass is 10.2. The Hall–Kier alpha value is -1.66. The second kappa shape index (κ2) is 6.87. The van der Waals surface area contributed by atoms with E-state index in [2.05, 4.69) is 26.0 Å². The van der Waals surface area contributed by atoms with Crippen LogP contribution < -0.4 is 10.1 Å². The number of halogens is 4. The number of anilines is 1. The van der Waals surface area contributed by atoms with E-state index in [-0.39, 0.29) is 11.7 Å². The quantitative estimate of drug-likeness (QED) is 0.819. The second-order valence-corrected chi connectivity index (χ2v) is 5.27. The van der Waals surface area contributed by atoms with Gasteiger partial charge in [-0.15, -0.1) is 0 Å². The zero-order valence-electron chi connectivity index (χ0n) is 10.4. The fourth-order valence-corrected chi connectivity index (χ4v) is 2.09. The highest BCUT2D eigenvalue weighted by Crippen LogP contribution is 2.26. The van der Waals surface area contributed by atoms with E-state index in [0.29, 0.717) is 20.7 Å². The van der Waals surface area contributed by atoms with Gasteiger partial charge in [-0.05, 0) is 58.4 Å². The molecule has 2 aromatic carbocycles. The Balaban J connectivity index is 2.11. The topological polar surface area (TPSA) is 38.3 Å². The SMILES string of the molecule is O=C(Nc1cc(Cl)ccc1Br)c1ccc(OC(F)F)cc1. The molecule has 0 heterocycles. The third-order valence-corrected chi connectivity index (χ3v) is 3.44. The van der Waals surface area contributed by atoms with Crippen molar-refractivity contribution in [2.75, 3.05) is 5.32 Å². The summed E-state index contributed by atoms with van der Waals surface area (Å²) >= 11 is 9.15. The van der Waals surface area contributed by atoms with Crippen molar-refractivity contribution in [2.45, 2.75) is 6.61 Å². The van der Waals surface area contributed by atoms with Crippen molar-refractivity contribution in [3.8, 4) is 5.75 Å². The molecule has 0 spiro atoms. The summed E-state index contributed by atoms with van der Waals surface area (Å²) in [5, 5.41) is 3.15. The molecule has 0 aliphatic heterocycles. The van der Waals surface area contributed by atoms with Gasteiger partial charge >= 0.3 is 6.61 Å². The molecular formula is C14H9BrClF2NO2. The first kappa shape index (κ1) is 15.7. The fraction of sp³-hybridized carbons (Fsp3) is 0.0714. The molecule has 1 N–H and O–H groups in total. The number of carbonyl (C=O) groups excluding carboxylic acids is 1. The van der Waals surface area contributed by atoms with E-state index in [9.17, 15) is 13.6 Å². The van der Waals surface area contributed by atoms with Crippen LogP contribution in [0.2, 0.25) is 5.02 Å². The number of ether oxygens (including phenoxy) is 1. The molecule has 2 rings (SSSR count). The van der Waals surface area contributed by atoms with Gasteiger partial charge in [0.05, 0.1) is 5.69 Å². The minimum absolute atomic E-state index is 0.00881. The van der Waals surface area contributed by atoms with Crippen molar-refractivity contribution < 1.29 is 18.3 Å². The third kappa shape index (κ3) is 4.41. The lowest BCUT2D eigenvalue weighted by Gasteiger charge is -2.09. The maximum absolute atomic E-state index is 12.0. The van der Waals surface area contributed by atoms with E-state index in [1.807, 2.05) is 0 Å². The predicted octanol–water partition coefficient (Wildman–Crippen LogP) is 4.96. The Morgan fingerprint density at radius 1 is 1.19 bits per heavy atom. The number of nitrogens with one attached hydrogen (secondary N) is 1. The van der Waals surface area contributed by atoms with Gasteiger partial charge in [-0.1, -0.05) is 11.6 Å². The van der Waals surface area contributed by atoms with Crippen LogP contribution in [0.5, 0.6) is 5.75 Å². The number of benzene rings is 2. The summed E-state index contributed by atoms with van der Waals surface area (Å²) in [5.74, 6) is -0.396. The summed E-state index contributed by atoms with van der Waals surface area (Å²) in [4.78, 5) is 12.0. The van der Waals surface area contributed by atoms with Crippen LogP contribution in [-0.4, -0.2) is 12.5 Å².